The number of rotatable bonds is 9. The van der Waals surface area contributed by atoms with Crippen LogP contribution in [0.4, 0.5) is 0 Å². The molecule has 2 heterocycles. The van der Waals surface area contributed by atoms with E-state index in [1.165, 1.54) is 18.2 Å². The van der Waals surface area contributed by atoms with E-state index in [2.05, 4.69) is 33.8 Å². The molecule has 1 aromatic heterocycles. The summed E-state index contributed by atoms with van der Waals surface area (Å²) in [4.78, 5) is 25.7. The van der Waals surface area contributed by atoms with E-state index < -0.39 is 5.91 Å². The summed E-state index contributed by atoms with van der Waals surface area (Å²) in [5.74, 6) is 0.466. The third-order valence-corrected chi connectivity index (χ3v) is 8.07. The molecule has 5 rings (SSSR count). The predicted octanol–water partition coefficient (Wildman–Crippen LogP) is 5.14. The summed E-state index contributed by atoms with van der Waals surface area (Å²) in [7, 11) is 1.64. The van der Waals surface area contributed by atoms with Crippen molar-refractivity contribution in [1.29, 1.82) is 0 Å². The highest BCUT2D eigenvalue weighted by molar-refractivity contribution is 6.30. The maximum atomic E-state index is 13.3. The van der Waals surface area contributed by atoms with E-state index in [4.69, 9.17) is 16.3 Å². The van der Waals surface area contributed by atoms with Crippen LogP contribution in [0, 0.1) is 12.8 Å². The lowest BCUT2D eigenvalue weighted by atomic mass is 9.81. The minimum absolute atomic E-state index is 0.0602. The predicted molar refractivity (Wildman–Crippen MR) is 167 cm³/mol. The number of hydrogen-bond donors (Lipinski definition) is 4. The van der Waals surface area contributed by atoms with Gasteiger partial charge in [-0.2, -0.15) is 0 Å². The smallest absolute Gasteiger partial charge is 0.251 e. The lowest BCUT2D eigenvalue weighted by Crippen LogP contribution is -2.36. The molecule has 0 fully saturated rings. The zero-order chi connectivity index (χ0) is 31.4. The van der Waals surface area contributed by atoms with E-state index in [-0.39, 0.29) is 54.3 Å². The van der Waals surface area contributed by atoms with Crippen molar-refractivity contribution in [3.8, 4) is 22.9 Å². The number of methoxy groups -OCH3 is 1. The monoisotopic (exact) mass is 615 g/mol. The van der Waals surface area contributed by atoms with Crippen molar-refractivity contribution in [2.24, 2.45) is 5.92 Å². The summed E-state index contributed by atoms with van der Waals surface area (Å²) in [5.41, 5.74) is 4.01. The van der Waals surface area contributed by atoms with Crippen LogP contribution in [-0.2, 0) is 4.79 Å². The van der Waals surface area contributed by atoms with Gasteiger partial charge in [0.1, 0.15) is 17.4 Å². The van der Waals surface area contributed by atoms with E-state index >= 15 is 0 Å². The maximum absolute atomic E-state index is 13.3. The Bertz CT molecular complexity index is 1720. The minimum Gasteiger partial charge on any atom is -0.504 e. The molecule has 0 saturated heterocycles. The second-order valence-corrected chi connectivity index (χ2v) is 11.0. The molecule has 3 aromatic carbocycles. The summed E-state index contributed by atoms with van der Waals surface area (Å²) in [6, 6.07) is 17.4. The zero-order valence-electron chi connectivity index (χ0n) is 24.7. The van der Waals surface area contributed by atoms with E-state index in [0.717, 1.165) is 34.6 Å². The number of fused-ring (bicyclic) bond motifs is 3. The molecule has 0 bridgehead atoms. The van der Waals surface area contributed by atoms with Crippen LogP contribution in [-0.4, -0.2) is 57.0 Å². The van der Waals surface area contributed by atoms with Gasteiger partial charge in [0.15, 0.2) is 11.5 Å². The number of phenols is 2. The fourth-order valence-corrected chi connectivity index (χ4v) is 5.65. The topological polar surface area (TPSA) is 139 Å². The van der Waals surface area contributed by atoms with Crippen LogP contribution in [0.25, 0.3) is 11.3 Å². The van der Waals surface area contributed by atoms with Crippen LogP contribution in [0.2, 0.25) is 5.02 Å². The second kappa shape index (κ2) is 13.2. The zero-order valence-corrected chi connectivity index (χ0v) is 25.4. The number of aryl methyl sites for hydroxylation is 1. The van der Waals surface area contributed by atoms with Gasteiger partial charge in [-0.25, -0.2) is 0 Å². The Morgan fingerprint density at radius 1 is 0.977 bits per heavy atom. The fourth-order valence-electron chi connectivity index (χ4n) is 5.52. The highest BCUT2D eigenvalue weighted by Crippen LogP contribution is 2.42. The number of carbonyl (C=O) groups is 2. The molecule has 2 amide bonds. The van der Waals surface area contributed by atoms with Gasteiger partial charge in [-0.05, 0) is 78.9 Å². The summed E-state index contributed by atoms with van der Waals surface area (Å²) in [5, 5.41) is 34.4. The first-order valence-electron chi connectivity index (χ1n) is 14.4. The first kappa shape index (κ1) is 30.6. The molecule has 2 unspecified atom stereocenters. The van der Waals surface area contributed by atoms with Crippen molar-refractivity contribution in [3.05, 3.63) is 100 Å². The average molecular weight is 616 g/mol. The fraction of sp³-hybridized carbons (Fsp3) is 0.273. The van der Waals surface area contributed by atoms with Gasteiger partial charge in [0.05, 0.1) is 12.8 Å². The van der Waals surface area contributed by atoms with Crippen LogP contribution >= 0.6 is 11.6 Å². The number of nitrogens with one attached hydrogen (secondary N) is 2. The molecule has 2 atom stereocenters. The maximum Gasteiger partial charge on any atom is 0.251 e. The Kier molecular flexibility index (Phi) is 9.20. The van der Waals surface area contributed by atoms with Crippen molar-refractivity contribution in [3.63, 3.8) is 0 Å². The summed E-state index contributed by atoms with van der Waals surface area (Å²) < 4.78 is 7.61. The van der Waals surface area contributed by atoms with Gasteiger partial charge in [-0.15, -0.1) is 10.2 Å². The number of amides is 2. The van der Waals surface area contributed by atoms with Crippen LogP contribution in [0.15, 0.2) is 66.7 Å². The number of benzene rings is 3. The summed E-state index contributed by atoms with van der Waals surface area (Å²) in [6.45, 7) is 4.37. The van der Waals surface area contributed by atoms with E-state index in [9.17, 15) is 19.8 Å². The van der Waals surface area contributed by atoms with E-state index in [1.54, 1.807) is 7.11 Å². The molecular weight excluding hydrogens is 582 g/mol. The van der Waals surface area contributed by atoms with Crippen LogP contribution in [0.1, 0.15) is 58.8 Å². The van der Waals surface area contributed by atoms with Gasteiger partial charge in [-0.3, -0.25) is 14.2 Å². The van der Waals surface area contributed by atoms with Gasteiger partial charge in [0, 0.05) is 41.6 Å². The number of halogens is 1. The SMILES string of the molecule is CCC1C=C(c2ccc(Cl)cc2)c2cc(OC)ccc2-n2c(C)nnc2C1CC(=O)NCCNC(=O)c1ccc(O)c(O)c1. The van der Waals surface area contributed by atoms with Crippen molar-refractivity contribution in [2.45, 2.75) is 32.6 Å². The molecule has 0 aliphatic carbocycles. The van der Waals surface area contributed by atoms with Gasteiger partial charge >= 0.3 is 0 Å². The minimum atomic E-state index is -0.431. The largest absolute Gasteiger partial charge is 0.504 e. The Labute approximate surface area is 260 Å². The first-order chi connectivity index (χ1) is 21.2. The molecule has 4 aromatic rings. The quantitative estimate of drug-likeness (QED) is 0.151. The molecule has 44 heavy (non-hydrogen) atoms. The van der Waals surface area contributed by atoms with Crippen molar-refractivity contribution >= 4 is 29.0 Å². The molecule has 228 valence electrons. The molecule has 0 saturated carbocycles. The van der Waals surface area contributed by atoms with Gasteiger partial charge < -0.3 is 25.6 Å². The van der Waals surface area contributed by atoms with Crippen LogP contribution < -0.4 is 15.4 Å². The lowest BCUT2D eigenvalue weighted by Gasteiger charge is -2.29. The van der Waals surface area contributed by atoms with Gasteiger partial charge in [-0.1, -0.05) is 36.7 Å². The Morgan fingerprint density at radius 2 is 1.73 bits per heavy atom. The molecular formula is C33H34ClN5O5. The summed E-state index contributed by atoms with van der Waals surface area (Å²) in [6.07, 6.45) is 3.11. The van der Waals surface area contributed by atoms with Crippen molar-refractivity contribution in [2.75, 3.05) is 20.2 Å². The van der Waals surface area contributed by atoms with E-state index in [1.807, 2.05) is 54.0 Å². The third-order valence-electron chi connectivity index (χ3n) is 7.82. The average Bonchev–Trinajstić information content (AvgIpc) is 3.40. The molecule has 1 aliphatic rings. The number of ether oxygens (including phenoxy) is 1. The number of aromatic hydroxyl groups is 2. The number of phenolic OH excluding ortho intramolecular Hbond substituents is 2. The highest BCUT2D eigenvalue weighted by Gasteiger charge is 2.33. The number of allylic oxidation sites excluding steroid dienone is 1. The normalized spacial score (nSPS) is 15.7. The highest BCUT2D eigenvalue weighted by atomic mass is 35.5. The molecule has 4 N–H and O–H groups in total. The molecule has 11 heteroatoms. The van der Waals surface area contributed by atoms with Gasteiger partial charge in [0.2, 0.25) is 5.91 Å². The van der Waals surface area contributed by atoms with Crippen molar-refractivity contribution < 1.29 is 24.5 Å². The second-order valence-electron chi connectivity index (χ2n) is 10.6. The van der Waals surface area contributed by atoms with E-state index in [0.29, 0.717) is 16.7 Å². The molecule has 10 nitrogen and oxygen atoms in total. The van der Waals surface area contributed by atoms with Crippen LogP contribution in [0.3, 0.4) is 0 Å². The van der Waals surface area contributed by atoms with Gasteiger partial charge in [0.25, 0.3) is 5.91 Å². The Balaban J connectivity index is 1.41. The van der Waals surface area contributed by atoms with Crippen LogP contribution in [0.5, 0.6) is 17.2 Å². The standard InChI is InChI=1S/C33H34ClN5O5/c1-4-20-15-25(21-5-8-23(34)9-6-21)27-17-24(44-3)10-11-28(27)39-19(2)37-38-32(39)26(20)18-31(42)35-13-14-36-33(43)22-7-12-29(40)30(41)16-22/h5-12,15-17,20,26,40-41H,4,13-14,18H2,1-3H3,(H,35,42)(H,36,43). The third kappa shape index (κ3) is 6.40. The summed E-state index contributed by atoms with van der Waals surface area (Å²) >= 11 is 6.23. The molecule has 0 spiro atoms. The molecule has 0 radical (unpaired) electrons. The molecule has 1 aliphatic heterocycles. The lowest BCUT2D eigenvalue weighted by molar-refractivity contribution is -0.121. The first-order valence-corrected chi connectivity index (χ1v) is 14.7. The number of carbonyl (C=O) groups excluding carboxylic acids is 2. The number of nitrogens with zero attached hydrogens (tertiary/aromatic N) is 3. The number of hydrogen-bond acceptors (Lipinski definition) is 7. The Morgan fingerprint density at radius 3 is 2.43 bits per heavy atom. The number of aromatic nitrogens is 3. The Hall–Kier alpha value is -4.83. The van der Waals surface area contributed by atoms with Crippen molar-refractivity contribution in [1.82, 2.24) is 25.4 Å².